The van der Waals surface area contributed by atoms with Crippen LogP contribution in [0.2, 0.25) is 0 Å². The van der Waals surface area contributed by atoms with E-state index in [1.807, 2.05) is 0 Å². The number of imide groups is 4. The second-order valence-corrected chi connectivity index (χ2v) is 3.07. The first-order chi connectivity index (χ1) is 7.61. The number of amides is 5. The average Bonchev–Trinajstić information content (AvgIpc) is 2.54. The van der Waals surface area contributed by atoms with Crippen LogP contribution in [0, 0.1) is 0 Å². The third-order valence-electron chi connectivity index (χ3n) is 2.04. The number of nitrogens with one attached hydrogen (secondary N) is 1. The van der Waals surface area contributed by atoms with Gasteiger partial charge in [0.2, 0.25) is 0 Å². The highest BCUT2D eigenvalue weighted by molar-refractivity contribution is 6.49. The number of nitrogens with zero attached hydrogens (tertiary/aromatic N) is 1. The van der Waals surface area contributed by atoms with Gasteiger partial charge >= 0.3 is 17.8 Å². The van der Waals surface area contributed by atoms with Crippen LogP contribution in [0.4, 0.5) is 4.79 Å². The van der Waals surface area contributed by atoms with E-state index >= 15 is 0 Å². The predicted octanol–water partition coefficient (Wildman–Crippen LogP) is -0.0948. The molecule has 1 aliphatic rings. The molecule has 1 aliphatic heterocycles. The lowest BCUT2D eigenvalue weighted by molar-refractivity contribution is -0.139. The van der Waals surface area contributed by atoms with E-state index in [1.165, 1.54) is 12.1 Å². The first kappa shape index (κ1) is 10.0. The Hall–Kier alpha value is -2.50. The minimum atomic E-state index is -1.15. The van der Waals surface area contributed by atoms with Crippen molar-refractivity contribution in [2.45, 2.75) is 0 Å². The quantitative estimate of drug-likeness (QED) is 0.405. The number of urea groups is 1. The van der Waals surface area contributed by atoms with Gasteiger partial charge in [0.15, 0.2) is 0 Å². The Labute approximate surface area is 89.8 Å². The number of rotatable bonds is 1. The van der Waals surface area contributed by atoms with Crippen LogP contribution in [0.25, 0.3) is 0 Å². The minimum absolute atomic E-state index is 0.167. The van der Waals surface area contributed by atoms with E-state index in [2.05, 4.69) is 0 Å². The van der Waals surface area contributed by atoms with Crippen LogP contribution in [0.1, 0.15) is 10.4 Å². The van der Waals surface area contributed by atoms with Gasteiger partial charge < -0.3 is 0 Å². The van der Waals surface area contributed by atoms with Crippen molar-refractivity contribution < 1.29 is 19.2 Å². The Morgan fingerprint density at radius 3 is 2.19 bits per heavy atom. The zero-order valence-electron chi connectivity index (χ0n) is 7.97. The maximum absolute atomic E-state index is 11.7. The van der Waals surface area contributed by atoms with E-state index in [4.69, 9.17) is 0 Å². The molecule has 6 nitrogen and oxygen atoms in total. The lowest BCUT2D eigenvalue weighted by Gasteiger charge is -2.08. The van der Waals surface area contributed by atoms with Crippen molar-refractivity contribution in [3.8, 4) is 0 Å². The second-order valence-electron chi connectivity index (χ2n) is 3.07. The SMILES string of the molecule is O=C1NC(=O)N(C(=O)c2ccccc2)C1=O. The van der Waals surface area contributed by atoms with Crippen LogP contribution in [-0.4, -0.2) is 28.7 Å². The molecule has 0 radical (unpaired) electrons. The van der Waals surface area contributed by atoms with E-state index in [0.29, 0.717) is 0 Å². The van der Waals surface area contributed by atoms with E-state index in [0.717, 1.165) is 0 Å². The van der Waals surface area contributed by atoms with Crippen LogP contribution in [0.3, 0.4) is 0 Å². The fraction of sp³-hybridized carbons (Fsp3) is 0. The van der Waals surface area contributed by atoms with Crippen LogP contribution in [0.15, 0.2) is 30.3 Å². The smallest absolute Gasteiger partial charge is 0.269 e. The summed E-state index contributed by atoms with van der Waals surface area (Å²) in [6.07, 6.45) is 0. The molecule has 80 valence electrons. The van der Waals surface area contributed by atoms with Crippen LogP contribution in [0.5, 0.6) is 0 Å². The Balaban J connectivity index is 2.33. The summed E-state index contributed by atoms with van der Waals surface area (Å²) in [4.78, 5) is 45.2. The predicted molar refractivity (Wildman–Crippen MR) is 51.2 cm³/mol. The van der Waals surface area contributed by atoms with Gasteiger partial charge in [0, 0.05) is 5.56 Å². The third kappa shape index (κ3) is 1.46. The van der Waals surface area contributed by atoms with Crippen molar-refractivity contribution in [2.75, 3.05) is 0 Å². The van der Waals surface area contributed by atoms with Gasteiger partial charge in [-0.3, -0.25) is 19.7 Å². The monoisotopic (exact) mass is 218 g/mol. The molecule has 0 aromatic heterocycles. The largest absolute Gasteiger partial charge is 0.338 e. The molecule has 16 heavy (non-hydrogen) atoms. The topological polar surface area (TPSA) is 83.6 Å². The third-order valence-corrected chi connectivity index (χ3v) is 2.04. The van der Waals surface area contributed by atoms with Gasteiger partial charge in [0.05, 0.1) is 0 Å². The summed E-state index contributed by atoms with van der Waals surface area (Å²) in [7, 11) is 0. The number of benzene rings is 1. The van der Waals surface area contributed by atoms with Gasteiger partial charge in [-0.1, -0.05) is 18.2 Å². The normalized spacial score (nSPS) is 15.2. The standard InChI is InChI=1S/C10H6N2O4/c13-7-9(15)12(10(16)11-7)8(14)6-4-2-1-3-5-6/h1-5H,(H,11,13,16). The van der Waals surface area contributed by atoms with Crippen molar-refractivity contribution in [3.63, 3.8) is 0 Å². The molecule has 1 aromatic rings. The van der Waals surface area contributed by atoms with Gasteiger partial charge in [-0.15, -0.1) is 0 Å². The number of hydrogen-bond acceptors (Lipinski definition) is 4. The number of carbonyl (C=O) groups is 4. The van der Waals surface area contributed by atoms with Gasteiger partial charge in [0.25, 0.3) is 5.91 Å². The molecule has 6 heteroatoms. The molecule has 5 amide bonds. The molecule has 0 saturated carbocycles. The molecule has 1 N–H and O–H groups in total. The van der Waals surface area contributed by atoms with Crippen molar-refractivity contribution in [1.82, 2.24) is 10.2 Å². The molecule has 1 saturated heterocycles. The molecule has 1 aromatic carbocycles. The van der Waals surface area contributed by atoms with Crippen molar-refractivity contribution in [2.24, 2.45) is 0 Å². The van der Waals surface area contributed by atoms with Gasteiger partial charge in [0.1, 0.15) is 0 Å². The molecule has 1 heterocycles. The number of hydrogen-bond donors (Lipinski definition) is 1. The Morgan fingerprint density at radius 1 is 1.06 bits per heavy atom. The first-order valence-electron chi connectivity index (χ1n) is 4.40. The van der Waals surface area contributed by atoms with E-state index in [9.17, 15) is 19.2 Å². The van der Waals surface area contributed by atoms with Crippen molar-refractivity contribution >= 4 is 23.8 Å². The van der Waals surface area contributed by atoms with Crippen molar-refractivity contribution in [3.05, 3.63) is 35.9 Å². The lowest BCUT2D eigenvalue weighted by atomic mass is 10.2. The summed E-state index contributed by atoms with van der Waals surface area (Å²) in [6.45, 7) is 0. The molecule has 0 unspecified atom stereocenters. The van der Waals surface area contributed by atoms with E-state index in [-0.39, 0.29) is 10.5 Å². The average molecular weight is 218 g/mol. The van der Waals surface area contributed by atoms with Crippen LogP contribution < -0.4 is 5.32 Å². The fourth-order valence-corrected chi connectivity index (χ4v) is 1.29. The van der Waals surface area contributed by atoms with Gasteiger partial charge in [-0.2, -0.15) is 4.90 Å². The molecular formula is C10H6N2O4. The Morgan fingerprint density at radius 2 is 1.69 bits per heavy atom. The Bertz CT molecular complexity index is 495. The summed E-state index contributed by atoms with van der Waals surface area (Å²) in [5.41, 5.74) is 0.167. The highest BCUT2D eigenvalue weighted by Crippen LogP contribution is 2.08. The van der Waals surface area contributed by atoms with Crippen LogP contribution >= 0.6 is 0 Å². The maximum Gasteiger partial charge on any atom is 0.338 e. The molecular weight excluding hydrogens is 212 g/mol. The summed E-state index contributed by atoms with van der Waals surface area (Å²) in [6, 6.07) is 6.76. The highest BCUT2D eigenvalue weighted by atomic mass is 16.2. The van der Waals surface area contributed by atoms with E-state index in [1.54, 1.807) is 23.5 Å². The molecule has 1 fully saturated rings. The van der Waals surface area contributed by atoms with Gasteiger partial charge in [-0.25, -0.2) is 4.79 Å². The molecule has 0 spiro atoms. The highest BCUT2D eigenvalue weighted by Gasteiger charge is 2.41. The second kappa shape index (κ2) is 3.58. The molecule has 0 atom stereocenters. The fourth-order valence-electron chi connectivity index (χ4n) is 1.29. The molecule has 0 aliphatic carbocycles. The van der Waals surface area contributed by atoms with E-state index < -0.39 is 23.8 Å². The van der Waals surface area contributed by atoms with Gasteiger partial charge in [-0.05, 0) is 12.1 Å². The van der Waals surface area contributed by atoms with Crippen molar-refractivity contribution in [1.29, 1.82) is 0 Å². The zero-order valence-corrected chi connectivity index (χ0v) is 7.97. The summed E-state index contributed by atoms with van der Waals surface area (Å²) < 4.78 is 0. The molecule has 0 bridgehead atoms. The molecule has 2 rings (SSSR count). The summed E-state index contributed by atoms with van der Waals surface area (Å²) in [5.74, 6) is -3.05. The number of carbonyl (C=O) groups excluding carboxylic acids is 4. The lowest BCUT2D eigenvalue weighted by Crippen LogP contribution is -2.37. The zero-order chi connectivity index (χ0) is 11.7. The minimum Gasteiger partial charge on any atom is -0.269 e. The van der Waals surface area contributed by atoms with Crippen LogP contribution in [-0.2, 0) is 9.59 Å². The summed E-state index contributed by atoms with van der Waals surface area (Å²) in [5, 5.41) is 1.74. The first-order valence-corrected chi connectivity index (χ1v) is 4.40. The Kier molecular flexibility index (Phi) is 2.24. The summed E-state index contributed by atoms with van der Waals surface area (Å²) >= 11 is 0. The maximum atomic E-state index is 11.7.